The van der Waals surface area contributed by atoms with Crippen molar-refractivity contribution in [2.24, 2.45) is 5.73 Å². The highest BCUT2D eigenvalue weighted by molar-refractivity contribution is 7.13. The van der Waals surface area contributed by atoms with Gasteiger partial charge in [-0.25, -0.2) is 0 Å². The van der Waals surface area contributed by atoms with Gasteiger partial charge in [0.25, 0.3) is 11.1 Å². The average molecular weight is 269 g/mol. The van der Waals surface area contributed by atoms with Gasteiger partial charge >= 0.3 is 6.18 Å². The van der Waals surface area contributed by atoms with Gasteiger partial charge < -0.3 is 10.5 Å². The molecule has 1 aromatic rings. The fraction of sp³-hybridized carbons (Fsp3) is 0.625. The Balaban J connectivity index is 2.74. The Morgan fingerprint density at radius 2 is 2.18 bits per heavy atom. The second-order valence-corrected chi connectivity index (χ2v) is 4.11. The molecule has 1 atom stereocenters. The maximum Gasteiger partial charge on any atom is 0.445 e. The third kappa shape index (κ3) is 3.84. The van der Waals surface area contributed by atoms with Crippen LogP contribution in [0.1, 0.15) is 24.8 Å². The zero-order chi connectivity index (χ0) is 13.1. The topological polar surface area (TPSA) is 78.1 Å². The highest BCUT2D eigenvalue weighted by Crippen LogP contribution is 2.34. The van der Waals surface area contributed by atoms with Crippen molar-refractivity contribution in [3.05, 3.63) is 5.01 Å². The van der Waals surface area contributed by atoms with Crippen LogP contribution < -0.4 is 10.5 Å². The lowest BCUT2D eigenvalue weighted by molar-refractivity contribution is -0.138. The number of carbonyl (C=O) groups excluding carboxylic acids is 1. The van der Waals surface area contributed by atoms with E-state index in [4.69, 9.17) is 10.5 Å². The molecule has 0 bridgehead atoms. The lowest BCUT2D eigenvalue weighted by Gasteiger charge is -2.11. The number of halogens is 3. The first-order valence-corrected chi connectivity index (χ1v) is 5.53. The van der Waals surface area contributed by atoms with Gasteiger partial charge in [0.1, 0.15) is 0 Å². The molecule has 1 heterocycles. The Bertz CT molecular complexity index is 394. The Labute approximate surface area is 98.8 Å². The molecule has 96 valence electrons. The predicted octanol–water partition coefficient (Wildman–Crippen LogP) is 1.59. The number of amides is 1. The van der Waals surface area contributed by atoms with Gasteiger partial charge in [0.05, 0.1) is 0 Å². The zero-order valence-electron chi connectivity index (χ0n) is 8.82. The normalized spacial score (nSPS) is 13.4. The van der Waals surface area contributed by atoms with Crippen LogP contribution in [0.15, 0.2) is 0 Å². The summed E-state index contributed by atoms with van der Waals surface area (Å²) in [6.45, 7) is 1.79. The summed E-state index contributed by atoms with van der Waals surface area (Å²) in [6.07, 6.45) is -4.62. The van der Waals surface area contributed by atoms with Crippen molar-refractivity contribution >= 4 is 17.2 Å². The van der Waals surface area contributed by atoms with Crippen LogP contribution in [0.2, 0.25) is 0 Å². The molecule has 0 saturated heterocycles. The lowest BCUT2D eigenvalue weighted by Crippen LogP contribution is -2.33. The molecule has 1 aromatic heterocycles. The molecule has 0 saturated carbocycles. The van der Waals surface area contributed by atoms with E-state index in [0.717, 1.165) is 0 Å². The Morgan fingerprint density at radius 1 is 1.53 bits per heavy atom. The van der Waals surface area contributed by atoms with Crippen molar-refractivity contribution < 1.29 is 22.7 Å². The smallest absolute Gasteiger partial charge is 0.445 e. The van der Waals surface area contributed by atoms with Crippen LogP contribution in [0.5, 0.6) is 5.19 Å². The van der Waals surface area contributed by atoms with Gasteiger partial charge in [0.2, 0.25) is 5.01 Å². The fourth-order valence-electron chi connectivity index (χ4n) is 1.02. The number of nitrogens with zero attached hydrogens (tertiary/aromatic N) is 2. The monoisotopic (exact) mass is 269 g/mol. The molecule has 1 unspecified atom stereocenters. The van der Waals surface area contributed by atoms with Crippen molar-refractivity contribution in [2.45, 2.75) is 32.0 Å². The van der Waals surface area contributed by atoms with Gasteiger partial charge in [0, 0.05) is 0 Å². The van der Waals surface area contributed by atoms with Crippen LogP contribution >= 0.6 is 11.3 Å². The lowest BCUT2D eigenvalue weighted by atomic mass is 10.2. The highest BCUT2D eigenvalue weighted by Gasteiger charge is 2.36. The molecule has 0 spiro atoms. The van der Waals surface area contributed by atoms with E-state index in [1.54, 1.807) is 6.92 Å². The van der Waals surface area contributed by atoms with Gasteiger partial charge in [-0.1, -0.05) is 29.8 Å². The molecule has 5 nitrogen and oxygen atoms in total. The van der Waals surface area contributed by atoms with Crippen molar-refractivity contribution in [1.29, 1.82) is 0 Å². The van der Waals surface area contributed by atoms with Gasteiger partial charge in [-0.3, -0.25) is 4.79 Å². The van der Waals surface area contributed by atoms with Crippen LogP contribution in [0, 0.1) is 0 Å². The molecule has 0 fully saturated rings. The van der Waals surface area contributed by atoms with Crippen LogP contribution in [-0.2, 0) is 11.0 Å². The summed E-state index contributed by atoms with van der Waals surface area (Å²) in [5.41, 5.74) is 5.03. The molecule has 1 rings (SSSR count). The average Bonchev–Trinajstić information content (AvgIpc) is 2.64. The molecule has 0 aliphatic rings. The van der Waals surface area contributed by atoms with E-state index in [1.165, 1.54) is 0 Å². The van der Waals surface area contributed by atoms with Gasteiger partial charge in [0.15, 0.2) is 6.10 Å². The molecule has 0 aliphatic heterocycles. The third-order valence-corrected chi connectivity index (χ3v) is 2.62. The number of nitrogens with two attached hydrogens (primary N) is 1. The van der Waals surface area contributed by atoms with Crippen LogP contribution in [-0.4, -0.2) is 22.2 Å². The minimum atomic E-state index is -4.56. The second-order valence-electron chi connectivity index (χ2n) is 3.17. The first-order chi connectivity index (χ1) is 7.84. The van der Waals surface area contributed by atoms with Gasteiger partial charge in [-0.05, 0) is 6.42 Å². The molecule has 1 amide bonds. The summed E-state index contributed by atoms with van der Waals surface area (Å²) in [7, 11) is 0. The zero-order valence-corrected chi connectivity index (χ0v) is 9.64. The number of rotatable bonds is 5. The van der Waals surface area contributed by atoms with Crippen LogP contribution in [0.3, 0.4) is 0 Å². The van der Waals surface area contributed by atoms with E-state index in [-0.39, 0.29) is 16.5 Å². The predicted molar refractivity (Wildman–Crippen MR) is 53.4 cm³/mol. The standard InChI is InChI=1S/C8H10F3N3O2S/c1-2-3-4(5(12)15)16-7-14-13-6(17-7)8(9,10)11/h4H,2-3H2,1H3,(H2,12,15). The Kier molecular flexibility index (Phi) is 4.27. The first-order valence-electron chi connectivity index (χ1n) is 4.71. The minimum absolute atomic E-state index is 0.234. The molecular formula is C8H10F3N3O2S. The number of ether oxygens (including phenoxy) is 1. The van der Waals surface area contributed by atoms with E-state index in [2.05, 4.69) is 10.2 Å². The van der Waals surface area contributed by atoms with Crippen LogP contribution in [0.25, 0.3) is 0 Å². The Hall–Kier alpha value is -1.38. The summed E-state index contributed by atoms with van der Waals surface area (Å²) >= 11 is 0.234. The molecule has 0 aliphatic carbocycles. The minimum Gasteiger partial charge on any atom is -0.456 e. The number of carbonyl (C=O) groups is 1. The summed E-state index contributed by atoms with van der Waals surface area (Å²) in [5.74, 6) is -0.740. The molecule has 0 aromatic carbocycles. The summed E-state index contributed by atoms with van der Waals surface area (Å²) in [5, 5.41) is 4.70. The maximum atomic E-state index is 12.2. The highest BCUT2D eigenvalue weighted by atomic mass is 32.1. The van der Waals surface area contributed by atoms with E-state index < -0.39 is 23.2 Å². The maximum absolute atomic E-state index is 12.2. The second kappa shape index (κ2) is 5.30. The number of hydrogen-bond acceptors (Lipinski definition) is 5. The van der Waals surface area contributed by atoms with E-state index in [9.17, 15) is 18.0 Å². The van der Waals surface area contributed by atoms with Crippen molar-refractivity contribution in [1.82, 2.24) is 10.2 Å². The third-order valence-electron chi connectivity index (χ3n) is 1.76. The SMILES string of the molecule is CCCC(Oc1nnc(C(F)(F)F)s1)C(N)=O. The van der Waals surface area contributed by atoms with E-state index in [0.29, 0.717) is 12.8 Å². The van der Waals surface area contributed by atoms with E-state index in [1.807, 2.05) is 0 Å². The fourth-order valence-corrected chi connectivity index (χ4v) is 1.62. The molecule has 2 N–H and O–H groups in total. The van der Waals surface area contributed by atoms with Gasteiger partial charge in [-0.15, -0.1) is 5.10 Å². The van der Waals surface area contributed by atoms with Crippen molar-refractivity contribution in [3.8, 4) is 5.19 Å². The summed E-state index contributed by atoms with van der Waals surface area (Å²) < 4.78 is 41.6. The molecule has 0 radical (unpaired) electrons. The van der Waals surface area contributed by atoms with Gasteiger partial charge in [-0.2, -0.15) is 13.2 Å². The van der Waals surface area contributed by atoms with Crippen molar-refractivity contribution in [3.63, 3.8) is 0 Å². The molecule has 9 heteroatoms. The quantitative estimate of drug-likeness (QED) is 0.880. The number of hydrogen-bond donors (Lipinski definition) is 1. The van der Waals surface area contributed by atoms with Crippen LogP contribution in [0.4, 0.5) is 13.2 Å². The summed E-state index contributed by atoms with van der Waals surface area (Å²) in [4.78, 5) is 10.9. The largest absolute Gasteiger partial charge is 0.456 e. The number of primary amides is 1. The number of alkyl halides is 3. The van der Waals surface area contributed by atoms with Crippen molar-refractivity contribution in [2.75, 3.05) is 0 Å². The number of aromatic nitrogens is 2. The first kappa shape index (κ1) is 13.7. The Morgan fingerprint density at radius 3 is 2.59 bits per heavy atom. The summed E-state index contributed by atoms with van der Waals surface area (Å²) in [6, 6.07) is 0. The molecule has 17 heavy (non-hydrogen) atoms. The van der Waals surface area contributed by atoms with E-state index >= 15 is 0 Å². The molecular weight excluding hydrogens is 259 g/mol.